The van der Waals surface area contributed by atoms with Crippen LogP contribution in [0.25, 0.3) is 20.8 Å². The van der Waals surface area contributed by atoms with Crippen molar-refractivity contribution in [2.75, 3.05) is 5.32 Å². The molecule has 0 unspecified atom stereocenters. The molecule has 1 N–H and O–H groups in total. The molecule has 30 heavy (non-hydrogen) atoms. The molecule has 152 valence electrons. The summed E-state index contributed by atoms with van der Waals surface area (Å²) < 4.78 is 7.05. The van der Waals surface area contributed by atoms with E-state index in [1.165, 1.54) is 10.3 Å². The summed E-state index contributed by atoms with van der Waals surface area (Å²) >= 11 is 1.68. The lowest BCUT2D eigenvalue weighted by atomic mass is 10.2. The molecular formula is C25H24N2O2S. The molecule has 0 aliphatic heterocycles. The fourth-order valence-electron chi connectivity index (χ4n) is 3.18. The average molecular weight is 417 g/mol. The molecule has 0 saturated heterocycles. The van der Waals surface area contributed by atoms with Gasteiger partial charge in [-0.05, 0) is 74.4 Å². The van der Waals surface area contributed by atoms with E-state index in [1.54, 1.807) is 11.3 Å². The maximum absolute atomic E-state index is 12.7. The van der Waals surface area contributed by atoms with Crippen molar-refractivity contribution in [3.63, 3.8) is 0 Å². The summed E-state index contributed by atoms with van der Waals surface area (Å²) in [5.74, 6) is 0.547. The van der Waals surface area contributed by atoms with E-state index in [2.05, 4.69) is 30.4 Å². The van der Waals surface area contributed by atoms with Crippen LogP contribution in [0.3, 0.4) is 0 Å². The molecule has 0 bridgehead atoms. The predicted octanol–water partition coefficient (Wildman–Crippen LogP) is 6.38. The standard InChI is InChI=1S/C25H24N2O2S/c1-4-22(29-20-12-5-16(2)6-13-20)24(28)26-19-10-8-18(9-11-19)25-27-21-14-7-17(3)15-23(21)30-25/h5-15,22H,4H2,1-3H3,(H,26,28)/t22-/m0/s1. The highest BCUT2D eigenvalue weighted by Gasteiger charge is 2.18. The van der Waals surface area contributed by atoms with E-state index in [-0.39, 0.29) is 5.91 Å². The lowest BCUT2D eigenvalue weighted by Crippen LogP contribution is -2.32. The Balaban J connectivity index is 1.45. The van der Waals surface area contributed by atoms with Crippen LogP contribution in [0.1, 0.15) is 24.5 Å². The number of carbonyl (C=O) groups excluding carboxylic acids is 1. The number of hydrogen-bond acceptors (Lipinski definition) is 4. The first-order chi connectivity index (χ1) is 14.5. The fourth-order valence-corrected chi connectivity index (χ4v) is 4.25. The molecule has 4 aromatic rings. The number of fused-ring (bicyclic) bond motifs is 1. The van der Waals surface area contributed by atoms with Crippen LogP contribution in [-0.2, 0) is 4.79 Å². The molecule has 0 fully saturated rings. The van der Waals surface area contributed by atoms with Gasteiger partial charge in [-0.15, -0.1) is 11.3 Å². The summed E-state index contributed by atoms with van der Waals surface area (Å²) in [6.07, 6.45) is 0.0445. The molecule has 0 saturated carbocycles. The van der Waals surface area contributed by atoms with Crippen molar-refractivity contribution in [3.05, 3.63) is 77.9 Å². The first-order valence-electron chi connectivity index (χ1n) is 10.0. The van der Waals surface area contributed by atoms with Gasteiger partial charge < -0.3 is 10.1 Å². The Morgan fingerprint density at radius 1 is 1.00 bits per heavy atom. The molecule has 1 heterocycles. The number of carbonyl (C=O) groups is 1. The highest BCUT2D eigenvalue weighted by Crippen LogP contribution is 2.31. The molecule has 1 atom stereocenters. The van der Waals surface area contributed by atoms with Crippen molar-refractivity contribution in [1.29, 1.82) is 0 Å². The first-order valence-corrected chi connectivity index (χ1v) is 10.9. The number of aromatic nitrogens is 1. The number of nitrogens with zero attached hydrogens (tertiary/aromatic N) is 1. The Kier molecular flexibility index (Phi) is 5.81. The molecule has 5 heteroatoms. The van der Waals surface area contributed by atoms with Crippen molar-refractivity contribution in [3.8, 4) is 16.3 Å². The lowest BCUT2D eigenvalue weighted by molar-refractivity contribution is -0.122. The molecular weight excluding hydrogens is 392 g/mol. The molecule has 0 spiro atoms. The van der Waals surface area contributed by atoms with Gasteiger partial charge in [-0.25, -0.2) is 4.98 Å². The van der Waals surface area contributed by atoms with Gasteiger partial charge >= 0.3 is 0 Å². The molecule has 0 radical (unpaired) electrons. The van der Waals surface area contributed by atoms with Crippen LogP contribution < -0.4 is 10.1 Å². The number of thiazole rings is 1. The Morgan fingerprint density at radius 3 is 2.40 bits per heavy atom. The second kappa shape index (κ2) is 8.67. The predicted molar refractivity (Wildman–Crippen MR) is 124 cm³/mol. The molecule has 0 aliphatic rings. The Morgan fingerprint density at radius 2 is 1.70 bits per heavy atom. The number of hydrogen-bond donors (Lipinski definition) is 1. The zero-order chi connectivity index (χ0) is 21.1. The van der Waals surface area contributed by atoms with E-state index in [1.807, 2.05) is 62.4 Å². The molecule has 1 amide bonds. The zero-order valence-electron chi connectivity index (χ0n) is 17.3. The number of amides is 1. The summed E-state index contributed by atoms with van der Waals surface area (Å²) in [5.41, 5.74) is 5.18. The second-order valence-electron chi connectivity index (χ2n) is 7.38. The Hall–Kier alpha value is -3.18. The largest absolute Gasteiger partial charge is 0.481 e. The number of ether oxygens (including phenoxy) is 1. The van der Waals surface area contributed by atoms with Gasteiger partial charge in [-0.3, -0.25) is 4.79 Å². The zero-order valence-corrected chi connectivity index (χ0v) is 18.1. The smallest absolute Gasteiger partial charge is 0.265 e. The number of benzene rings is 3. The van der Waals surface area contributed by atoms with Crippen molar-refractivity contribution >= 4 is 33.1 Å². The van der Waals surface area contributed by atoms with E-state index in [9.17, 15) is 4.79 Å². The first kappa shape index (κ1) is 20.1. The number of aryl methyl sites for hydroxylation is 2. The Bertz CT molecular complexity index is 1160. The van der Waals surface area contributed by atoms with Crippen LogP contribution in [-0.4, -0.2) is 17.0 Å². The quantitative estimate of drug-likeness (QED) is 0.397. The maximum atomic E-state index is 12.7. The van der Waals surface area contributed by atoms with Crippen LogP contribution in [0.5, 0.6) is 5.75 Å². The van der Waals surface area contributed by atoms with Crippen LogP contribution in [0.4, 0.5) is 5.69 Å². The van der Waals surface area contributed by atoms with Crippen LogP contribution in [0, 0.1) is 13.8 Å². The average Bonchev–Trinajstić information content (AvgIpc) is 3.17. The van der Waals surface area contributed by atoms with E-state index in [4.69, 9.17) is 9.72 Å². The molecule has 1 aromatic heterocycles. The number of rotatable bonds is 6. The van der Waals surface area contributed by atoms with E-state index < -0.39 is 6.10 Å². The van der Waals surface area contributed by atoms with E-state index in [0.29, 0.717) is 12.2 Å². The van der Waals surface area contributed by atoms with Crippen LogP contribution in [0.2, 0.25) is 0 Å². The summed E-state index contributed by atoms with van der Waals surface area (Å²) in [4.78, 5) is 17.4. The normalized spacial score (nSPS) is 12.0. The third-order valence-electron chi connectivity index (χ3n) is 4.91. The Labute approximate surface area is 180 Å². The van der Waals surface area contributed by atoms with Gasteiger partial charge in [0.2, 0.25) is 0 Å². The van der Waals surface area contributed by atoms with Crippen molar-refractivity contribution < 1.29 is 9.53 Å². The SMILES string of the molecule is CC[C@H](Oc1ccc(C)cc1)C(=O)Nc1ccc(-c2nc3ccc(C)cc3s2)cc1. The minimum atomic E-state index is -0.542. The molecule has 4 rings (SSSR count). The third kappa shape index (κ3) is 4.52. The fraction of sp³-hybridized carbons (Fsp3) is 0.200. The summed E-state index contributed by atoms with van der Waals surface area (Å²) in [6.45, 7) is 6.05. The highest BCUT2D eigenvalue weighted by molar-refractivity contribution is 7.21. The summed E-state index contributed by atoms with van der Waals surface area (Å²) in [7, 11) is 0. The minimum absolute atomic E-state index is 0.152. The summed E-state index contributed by atoms with van der Waals surface area (Å²) in [6, 6.07) is 21.8. The van der Waals surface area contributed by atoms with Crippen molar-refractivity contribution in [2.45, 2.75) is 33.3 Å². The van der Waals surface area contributed by atoms with Gasteiger partial charge in [0.05, 0.1) is 10.2 Å². The van der Waals surface area contributed by atoms with E-state index in [0.717, 1.165) is 27.3 Å². The minimum Gasteiger partial charge on any atom is -0.481 e. The number of anilines is 1. The van der Waals surface area contributed by atoms with Crippen LogP contribution >= 0.6 is 11.3 Å². The highest BCUT2D eigenvalue weighted by atomic mass is 32.1. The van der Waals surface area contributed by atoms with Crippen molar-refractivity contribution in [2.24, 2.45) is 0 Å². The molecule has 3 aromatic carbocycles. The topological polar surface area (TPSA) is 51.2 Å². The monoisotopic (exact) mass is 416 g/mol. The van der Waals surface area contributed by atoms with Crippen molar-refractivity contribution in [1.82, 2.24) is 4.98 Å². The van der Waals surface area contributed by atoms with Gasteiger partial charge in [0, 0.05) is 11.3 Å². The molecule has 4 nitrogen and oxygen atoms in total. The lowest BCUT2D eigenvalue weighted by Gasteiger charge is -2.17. The number of nitrogens with one attached hydrogen (secondary N) is 1. The second-order valence-corrected chi connectivity index (χ2v) is 8.42. The van der Waals surface area contributed by atoms with Gasteiger partial charge in [-0.2, -0.15) is 0 Å². The van der Waals surface area contributed by atoms with E-state index >= 15 is 0 Å². The van der Waals surface area contributed by atoms with Gasteiger partial charge in [-0.1, -0.05) is 30.7 Å². The molecule has 0 aliphatic carbocycles. The van der Waals surface area contributed by atoms with Gasteiger partial charge in [0.15, 0.2) is 6.10 Å². The maximum Gasteiger partial charge on any atom is 0.265 e. The summed E-state index contributed by atoms with van der Waals surface area (Å²) in [5, 5.41) is 3.93. The van der Waals surface area contributed by atoms with Crippen LogP contribution in [0.15, 0.2) is 66.7 Å². The van der Waals surface area contributed by atoms with Gasteiger partial charge in [0.25, 0.3) is 5.91 Å². The van der Waals surface area contributed by atoms with Gasteiger partial charge in [0.1, 0.15) is 10.8 Å². The third-order valence-corrected chi connectivity index (χ3v) is 5.97.